The highest BCUT2D eigenvalue weighted by atomic mass is 79.9. The molecule has 5 nitrogen and oxygen atoms in total. The quantitative estimate of drug-likeness (QED) is 0.823. The first-order valence-electron chi connectivity index (χ1n) is 6.56. The van der Waals surface area contributed by atoms with Crippen LogP contribution in [0.1, 0.15) is 22.5 Å². The van der Waals surface area contributed by atoms with Gasteiger partial charge in [0.25, 0.3) is 5.91 Å². The molecule has 0 radical (unpaired) electrons. The summed E-state index contributed by atoms with van der Waals surface area (Å²) < 4.78 is 0.980. The van der Waals surface area contributed by atoms with Gasteiger partial charge in [-0.1, -0.05) is 22.0 Å². The number of fused-ring (bicyclic) bond motifs is 1. The lowest BCUT2D eigenvalue weighted by molar-refractivity contribution is 0.0950. The van der Waals surface area contributed by atoms with Gasteiger partial charge < -0.3 is 5.32 Å². The van der Waals surface area contributed by atoms with Crippen molar-refractivity contribution in [3.8, 4) is 0 Å². The van der Waals surface area contributed by atoms with Gasteiger partial charge in [0.1, 0.15) is 5.69 Å². The van der Waals surface area contributed by atoms with Gasteiger partial charge in [-0.2, -0.15) is 5.10 Å². The van der Waals surface area contributed by atoms with Crippen LogP contribution in [-0.2, 0) is 0 Å². The molecule has 1 aliphatic heterocycles. The Labute approximate surface area is 130 Å². The number of carbonyl (C=O) groups excluding carboxylic acids is 1. The molecule has 1 amide bonds. The van der Waals surface area contributed by atoms with Crippen LogP contribution in [0.4, 0.5) is 5.69 Å². The molecular weight excluding hydrogens is 332 g/mol. The van der Waals surface area contributed by atoms with E-state index in [2.05, 4.69) is 36.8 Å². The molecule has 2 N–H and O–H groups in total. The predicted molar refractivity (Wildman–Crippen MR) is 85.5 cm³/mol. The van der Waals surface area contributed by atoms with E-state index < -0.39 is 0 Å². The van der Waals surface area contributed by atoms with Crippen LogP contribution in [-0.4, -0.2) is 23.1 Å². The maximum Gasteiger partial charge on any atom is 0.289 e. The van der Waals surface area contributed by atoms with Gasteiger partial charge in [-0.3, -0.25) is 9.78 Å². The highest BCUT2D eigenvalue weighted by Crippen LogP contribution is 2.25. The molecule has 0 unspecified atom stereocenters. The van der Waals surface area contributed by atoms with Gasteiger partial charge in [-0.05, 0) is 30.3 Å². The molecule has 2 heterocycles. The fourth-order valence-electron chi connectivity index (χ4n) is 2.15. The van der Waals surface area contributed by atoms with Gasteiger partial charge >= 0.3 is 0 Å². The smallest absolute Gasteiger partial charge is 0.289 e. The fraction of sp³-hybridized carbons (Fsp3) is 0.133. The van der Waals surface area contributed by atoms with Crippen LogP contribution in [0.15, 0.2) is 52.2 Å². The van der Waals surface area contributed by atoms with Crippen LogP contribution in [0.5, 0.6) is 0 Å². The summed E-state index contributed by atoms with van der Waals surface area (Å²) in [5.41, 5.74) is 5.80. The van der Waals surface area contributed by atoms with E-state index in [-0.39, 0.29) is 5.91 Å². The maximum absolute atomic E-state index is 12.0. The van der Waals surface area contributed by atoms with E-state index in [0.29, 0.717) is 5.69 Å². The summed E-state index contributed by atoms with van der Waals surface area (Å²) in [7, 11) is 0. The van der Waals surface area contributed by atoms with Crippen LogP contribution in [0, 0.1) is 0 Å². The minimum absolute atomic E-state index is 0.307. The normalized spacial score (nSPS) is 15.2. The lowest BCUT2D eigenvalue weighted by Gasteiger charge is -2.19. The van der Waals surface area contributed by atoms with Gasteiger partial charge in [0, 0.05) is 34.9 Å². The minimum Gasteiger partial charge on any atom is -0.384 e. The van der Waals surface area contributed by atoms with Gasteiger partial charge in [0.2, 0.25) is 0 Å². The molecular formula is C15H13BrN4O. The minimum atomic E-state index is -0.307. The summed E-state index contributed by atoms with van der Waals surface area (Å²) in [6.45, 7) is 0.799. The summed E-state index contributed by atoms with van der Waals surface area (Å²) in [6, 6.07) is 11.2. The van der Waals surface area contributed by atoms with E-state index in [1.807, 2.05) is 18.2 Å². The van der Waals surface area contributed by atoms with Gasteiger partial charge in [-0.25, -0.2) is 5.43 Å². The Morgan fingerprint density at radius 1 is 1.33 bits per heavy atom. The van der Waals surface area contributed by atoms with Crippen LogP contribution in [0.25, 0.3) is 0 Å². The van der Waals surface area contributed by atoms with Crippen molar-refractivity contribution in [1.29, 1.82) is 0 Å². The largest absolute Gasteiger partial charge is 0.384 e. The maximum atomic E-state index is 12.0. The number of pyridine rings is 1. The predicted octanol–water partition coefficient (Wildman–Crippen LogP) is 2.79. The molecule has 0 saturated carbocycles. The average molecular weight is 345 g/mol. The van der Waals surface area contributed by atoms with Crippen molar-refractivity contribution in [2.75, 3.05) is 11.9 Å². The summed E-state index contributed by atoms with van der Waals surface area (Å²) in [5, 5.41) is 7.57. The number of halogens is 1. The number of nitrogens with one attached hydrogen (secondary N) is 2. The number of nitrogens with zero attached hydrogens (tertiary/aromatic N) is 2. The molecule has 2 aromatic rings. The molecule has 6 heteroatoms. The molecule has 3 rings (SSSR count). The molecule has 0 aliphatic carbocycles. The Hall–Kier alpha value is -2.21. The van der Waals surface area contributed by atoms with Crippen LogP contribution < -0.4 is 10.7 Å². The van der Waals surface area contributed by atoms with Gasteiger partial charge in [-0.15, -0.1) is 0 Å². The van der Waals surface area contributed by atoms with Crippen molar-refractivity contribution in [3.05, 3.63) is 58.3 Å². The van der Waals surface area contributed by atoms with Crippen LogP contribution in [0.2, 0.25) is 0 Å². The van der Waals surface area contributed by atoms with Crippen LogP contribution in [0.3, 0.4) is 0 Å². The Bertz CT molecular complexity index is 700. The summed E-state index contributed by atoms with van der Waals surface area (Å²) in [5.74, 6) is -0.307. The van der Waals surface area contributed by atoms with Gasteiger partial charge in [0.05, 0.1) is 5.71 Å². The van der Waals surface area contributed by atoms with E-state index in [1.54, 1.807) is 24.4 Å². The Kier molecular flexibility index (Phi) is 3.96. The van der Waals surface area contributed by atoms with E-state index >= 15 is 0 Å². The number of amides is 1. The molecule has 21 heavy (non-hydrogen) atoms. The zero-order valence-electron chi connectivity index (χ0n) is 11.1. The number of hydrogen-bond acceptors (Lipinski definition) is 4. The van der Waals surface area contributed by atoms with E-state index in [1.165, 1.54) is 0 Å². The van der Waals surface area contributed by atoms with Crippen molar-refractivity contribution in [1.82, 2.24) is 10.4 Å². The highest BCUT2D eigenvalue weighted by molar-refractivity contribution is 9.10. The lowest BCUT2D eigenvalue weighted by Crippen LogP contribution is -2.25. The molecule has 0 saturated heterocycles. The number of rotatable bonds is 2. The third-order valence-corrected chi connectivity index (χ3v) is 3.65. The second-order valence-corrected chi connectivity index (χ2v) is 5.50. The zero-order valence-corrected chi connectivity index (χ0v) is 12.7. The summed E-state index contributed by atoms with van der Waals surface area (Å²) in [4.78, 5) is 16.0. The number of carbonyl (C=O) groups is 1. The molecule has 106 valence electrons. The SMILES string of the molecule is O=C(N/N=C1\CCNc2ccc(Br)cc21)c1ccccn1. The molecule has 1 aromatic carbocycles. The first-order chi connectivity index (χ1) is 10.2. The molecule has 0 atom stereocenters. The first-order valence-corrected chi connectivity index (χ1v) is 7.35. The van der Waals surface area contributed by atoms with Crippen molar-refractivity contribution in [2.24, 2.45) is 5.10 Å². The standard InChI is InChI=1S/C15H13BrN4O/c16-10-4-5-12-11(9-10)13(6-8-18-12)19-20-15(21)14-3-1-2-7-17-14/h1-5,7,9,18H,6,8H2,(H,20,21)/b19-13+. The highest BCUT2D eigenvalue weighted by Gasteiger charge is 2.16. The van der Waals surface area contributed by atoms with E-state index in [0.717, 1.165) is 34.4 Å². The van der Waals surface area contributed by atoms with Crippen LogP contribution >= 0.6 is 15.9 Å². The van der Waals surface area contributed by atoms with Crippen molar-refractivity contribution < 1.29 is 4.79 Å². The second-order valence-electron chi connectivity index (χ2n) is 4.58. The number of hydrazone groups is 1. The van der Waals surface area contributed by atoms with Crippen molar-refractivity contribution in [2.45, 2.75) is 6.42 Å². The summed E-state index contributed by atoms with van der Waals surface area (Å²) >= 11 is 3.45. The molecule has 1 aromatic heterocycles. The number of benzene rings is 1. The van der Waals surface area contributed by atoms with Gasteiger partial charge in [0.15, 0.2) is 0 Å². The molecule has 0 bridgehead atoms. The monoisotopic (exact) mass is 344 g/mol. The molecule has 0 spiro atoms. The van der Waals surface area contributed by atoms with Crippen molar-refractivity contribution in [3.63, 3.8) is 0 Å². The Morgan fingerprint density at radius 3 is 3.05 bits per heavy atom. The molecule has 1 aliphatic rings. The average Bonchev–Trinajstić information content (AvgIpc) is 2.53. The Morgan fingerprint density at radius 2 is 2.24 bits per heavy atom. The number of aromatic nitrogens is 1. The first kappa shape index (κ1) is 13.8. The third-order valence-electron chi connectivity index (χ3n) is 3.16. The van der Waals surface area contributed by atoms with E-state index in [9.17, 15) is 4.79 Å². The third kappa shape index (κ3) is 3.11. The number of hydrogen-bond donors (Lipinski definition) is 2. The lowest BCUT2D eigenvalue weighted by atomic mass is 10.0. The van der Waals surface area contributed by atoms with E-state index in [4.69, 9.17) is 0 Å². The Balaban J connectivity index is 1.82. The topological polar surface area (TPSA) is 66.4 Å². The summed E-state index contributed by atoms with van der Waals surface area (Å²) in [6.07, 6.45) is 2.34. The van der Waals surface area contributed by atoms with Crippen molar-refractivity contribution >= 4 is 33.2 Å². The zero-order chi connectivity index (χ0) is 14.7. The second kappa shape index (κ2) is 6.05. The fourth-order valence-corrected chi connectivity index (χ4v) is 2.51. The molecule has 0 fully saturated rings. The number of anilines is 1.